The van der Waals surface area contributed by atoms with Crippen LogP contribution in [0.1, 0.15) is 18.5 Å². The molecule has 0 fully saturated rings. The van der Waals surface area contributed by atoms with Gasteiger partial charge in [-0.25, -0.2) is 0 Å². The molecule has 1 rings (SSSR count). The molecule has 0 radical (unpaired) electrons. The molecule has 5 heteroatoms. The van der Waals surface area contributed by atoms with E-state index in [0.717, 1.165) is 0 Å². The molecule has 0 bridgehead atoms. The summed E-state index contributed by atoms with van der Waals surface area (Å²) >= 11 is 0. The third kappa shape index (κ3) is 2.45. The van der Waals surface area contributed by atoms with E-state index in [2.05, 4.69) is 4.98 Å². The van der Waals surface area contributed by atoms with Crippen molar-refractivity contribution in [1.82, 2.24) is 4.98 Å². The number of hydrogen-bond acceptors (Lipinski definition) is 2. The number of rotatable bonds is 2. The minimum atomic E-state index is -4.38. The van der Waals surface area contributed by atoms with Gasteiger partial charge in [-0.05, 0) is 12.1 Å². The molecule has 2 N–H and O–H groups in total. The molecular formula is C9H11F3N2. The van der Waals surface area contributed by atoms with Crippen molar-refractivity contribution in [2.45, 2.75) is 25.1 Å². The van der Waals surface area contributed by atoms with Crippen molar-refractivity contribution in [3.05, 3.63) is 30.1 Å². The van der Waals surface area contributed by atoms with Gasteiger partial charge in [0.2, 0.25) is 0 Å². The standard InChI is InChI=1S/C9H11F3N2/c1-6(8(13)9(10,11)12)7-4-2-3-5-14-7/h2-6,8H,13H2,1H3. The monoisotopic (exact) mass is 204 g/mol. The highest BCUT2D eigenvalue weighted by Crippen LogP contribution is 2.28. The molecule has 78 valence electrons. The van der Waals surface area contributed by atoms with Crippen LogP contribution in [0.2, 0.25) is 0 Å². The van der Waals surface area contributed by atoms with Gasteiger partial charge in [0.25, 0.3) is 0 Å². The fraction of sp³-hybridized carbons (Fsp3) is 0.444. The molecule has 0 aliphatic rings. The smallest absolute Gasteiger partial charge is 0.320 e. The van der Waals surface area contributed by atoms with Gasteiger partial charge in [-0.1, -0.05) is 13.0 Å². The van der Waals surface area contributed by atoms with Crippen molar-refractivity contribution in [1.29, 1.82) is 0 Å². The van der Waals surface area contributed by atoms with Crippen molar-refractivity contribution in [3.8, 4) is 0 Å². The summed E-state index contributed by atoms with van der Waals surface area (Å²) in [5.41, 5.74) is 5.42. The maximum Gasteiger partial charge on any atom is 0.404 e. The molecule has 2 atom stereocenters. The Bertz CT molecular complexity index is 284. The van der Waals surface area contributed by atoms with Gasteiger partial charge in [-0.15, -0.1) is 0 Å². The lowest BCUT2D eigenvalue weighted by Crippen LogP contribution is -2.41. The van der Waals surface area contributed by atoms with Gasteiger partial charge >= 0.3 is 6.18 Å². The van der Waals surface area contributed by atoms with E-state index in [4.69, 9.17) is 5.73 Å². The summed E-state index contributed by atoms with van der Waals surface area (Å²) in [4.78, 5) is 3.83. The number of hydrogen-bond donors (Lipinski definition) is 1. The third-order valence-corrected chi connectivity index (χ3v) is 2.07. The highest BCUT2D eigenvalue weighted by molar-refractivity contribution is 5.11. The van der Waals surface area contributed by atoms with Crippen molar-refractivity contribution < 1.29 is 13.2 Å². The molecule has 2 nitrogen and oxygen atoms in total. The SMILES string of the molecule is CC(c1ccccn1)C(N)C(F)(F)F. The molecule has 0 aromatic carbocycles. The van der Waals surface area contributed by atoms with Crippen molar-refractivity contribution >= 4 is 0 Å². The summed E-state index contributed by atoms with van der Waals surface area (Å²) in [5.74, 6) is -0.823. The number of nitrogens with two attached hydrogens (primary N) is 1. The van der Waals surface area contributed by atoms with Crippen LogP contribution >= 0.6 is 0 Å². The molecule has 2 unspecified atom stereocenters. The first-order valence-electron chi connectivity index (χ1n) is 4.16. The molecule has 0 saturated carbocycles. The molecule has 1 heterocycles. The normalized spacial score (nSPS) is 16.4. The average molecular weight is 204 g/mol. The second-order valence-electron chi connectivity index (χ2n) is 3.11. The van der Waals surface area contributed by atoms with Crippen LogP contribution in [0.3, 0.4) is 0 Å². The maximum absolute atomic E-state index is 12.2. The Hall–Kier alpha value is -1.10. The lowest BCUT2D eigenvalue weighted by atomic mass is 9.98. The first-order chi connectivity index (χ1) is 6.43. The molecule has 14 heavy (non-hydrogen) atoms. The summed E-state index contributed by atoms with van der Waals surface area (Å²) < 4.78 is 36.7. The van der Waals surface area contributed by atoms with Crippen LogP contribution in [0.4, 0.5) is 13.2 Å². The van der Waals surface area contributed by atoms with Crippen molar-refractivity contribution in [2.24, 2.45) is 5.73 Å². The molecule has 0 aliphatic carbocycles. The zero-order valence-corrected chi connectivity index (χ0v) is 7.62. The second-order valence-corrected chi connectivity index (χ2v) is 3.11. The Morgan fingerprint density at radius 3 is 2.43 bits per heavy atom. The molecule has 0 spiro atoms. The Morgan fingerprint density at radius 2 is 2.00 bits per heavy atom. The summed E-state index contributed by atoms with van der Waals surface area (Å²) in [7, 11) is 0. The summed E-state index contributed by atoms with van der Waals surface area (Å²) in [5, 5.41) is 0. The first kappa shape index (κ1) is 11.0. The van der Waals surface area contributed by atoms with Crippen LogP contribution in [-0.2, 0) is 0 Å². The van der Waals surface area contributed by atoms with Gasteiger partial charge in [-0.2, -0.15) is 13.2 Å². The predicted molar refractivity (Wildman–Crippen MR) is 46.7 cm³/mol. The molecule has 0 amide bonds. The van der Waals surface area contributed by atoms with Gasteiger partial charge < -0.3 is 5.73 Å². The van der Waals surface area contributed by atoms with E-state index < -0.39 is 18.1 Å². The Kier molecular flexibility index (Phi) is 3.10. The number of alkyl halides is 3. The van der Waals surface area contributed by atoms with Crippen LogP contribution in [-0.4, -0.2) is 17.2 Å². The zero-order chi connectivity index (χ0) is 10.8. The highest BCUT2D eigenvalue weighted by atomic mass is 19.4. The van der Waals surface area contributed by atoms with Crippen LogP contribution < -0.4 is 5.73 Å². The zero-order valence-electron chi connectivity index (χ0n) is 7.62. The van der Waals surface area contributed by atoms with E-state index >= 15 is 0 Å². The predicted octanol–water partition coefficient (Wildman–Crippen LogP) is 2.07. The number of halogens is 3. The van der Waals surface area contributed by atoms with Crippen molar-refractivity contribution in [2.75, 3.05) is 0 Å². The Balaban J connectivity index is 2.81. The lowest BCUT2D eigenvalue weighted by Gasteiger charge is -2.21. The van der Waals surface area contributed by atoms with Crippen molar-refractivity contribution in [3.63, 3.8) is 0 Å². The van der Waals surface area contributed by atoms with Crippen LogP contribution in [0.5, 0.6) is 0 Å². The van der Waals surface area contributed by atoms with E-state index in [9.17, 15) is 13.2 Å². The minimum absolute atomic E-state index is 0.359. The van der Waals surface area contributed by atoms with Crippen LogP contribution in [0.15, 0.2) is 24.4 Å². The topological polar surface area (TPSA) is 38.9 Å². The Labute approximate surface area is 79.9 Å². The highest BCUT2D eigenvalue weighted by Gasteiger charge is 2.41. The summed E-state index contributed by atoms with van der Waals surface area (Å²) in [6, 6.07) is 2.96. The lowest BCUT2D eigenvalue weighted by molar-refractivity contribution is -0.151. The third-order valence-electron chi connectivity index (χ3n) is 2.07. The van der Waals surface area contributed by atoms with E-state index in [1.54, 1.807) is 12.1 Å². The fourth-order valence-corrected chi connectivity index (χ4v) is 1.11. The number of nitrogens with zero attached hydrogens (tertiary/aromatic N) is 1. The molecule has 1 aromatic heterocycles. The number of pyridine rings is 1. The maximum atomic E-state index is 12.2. The average Bonchev–Trinajstić information content (AvgIpc) is 2.15. The van der Waals surface area contributed by atoms with Gasteiger partial charge in [-0.3, -0.25) is 4.98 Å². The van der Waals surface area contributed by atoms with E-state index in [1.807, 2.05) is 0 Å². The molecular weight excluding hydrogens is 193 g/mol. The van der Waals surface area contributed by atoms with Gasteiger partial charge in [0.05, 0.1) is 0 Å². The van der Waals surface area contributed by atoms with E-state index in [0.29, 0.717) is 5.69 Å². The van der Waals surface area contributed by atoms with Gasteiger partial charge in [0.1, 0.15) is 6.04 Å². The second kappa shape index (κ2) is 3.96. The fourth-order valence-electron chi connectivity index (χ4n) is 1.11. The minimum Gasteiger partial charge on any atom is -0.320 e. The molecule has 0 saturated heterocycles. The summed E-state index contributed by atoms with van der Waals surface area (Å²) in [6.07, 6.45) is -2.92. The van der Waals surface area contributed by atoms with Crippen LogP contribution in [0.25, 0.3) is 0 Å². The molecule has 0 aliphatic heterocycles. The Morgan fingerprint density at radius 1 is 1.36 bits per heavy atom. The number of aromatic nitrogens is 1. The van der Waals surface area contributed by atoms with Gasteiger partial charge in [0, 0.05) is 17.8 Å². The largest absolute Gasteiger partial charge is 0.404 e. The van der Waals surface area contributed by atoms with Gasteiger partial charge in [0.15, 0.2) is 0 Å². The quantitative estimate of drug-likeness (QED) is 0.800. The summed E-state index contributed by atoms with van der Waals surface area (Å²) in [6.45, 7) is 1.42. The van der Waals surface area contributed by atoms with E-state index in [-0.39, 0.29) is 0 Å². The van der Waals surface area contributed by atoms with Crippen LogP contribution in [0, 0.1) is 0 Å². The molecule has 1 aromatic rings. The van der Waals surface area contributed by atoms with E-state index in [1.165, 1.54) is 19.2 Å². The first-order valence-corrected chi connectivity index (χ1v) is 4.16.